The molecule has 0 bridgehead atoms. The van der Waals surface area contributed by atoms with Gasteiger partial charge in [-0.2, -0.15) is 10.1 Å². The lowest BCUT2D eigenvalue weighted by molar-refractivity contribution is 0.605. The van der Waals surface area contributed by atoms with Gasteiger partial charge in [0.25, 0.3) is 0 Å². The lowest BCUT2D eigenvalue weighted by Gasteiger charge is -2.10. The summed E-state index contributed by atoms with van der Waals surface area (Å²) in [6.07, 6.45) is 2.68. The number of benzene rings is 1. The molecule has 0 saturated carbocycles. The van der Waals surface area contributed by atoms with E-state index in [0.717, 1.165) is 23.1 Å². The smallest absolute Gasteiger partial charge is 0.244 e. The van der Waals surface area contributed by atoms with Gasteiger partial charge in [0.2, 0.25) is 5.95 Å². The molecule has 2 aromatic rings. The SMILES string of the molecule is Cc1ccc(Nc2cnnc(NCCC(C)C)n2)c(Br)c1. The van der Waals surface area contributed by atoms with Gasteiger partial charge in [-0.05, 0) is 52.9 Å². The zero-order valence-corrected chi connectivity index (χ0v) is 14.1. The van der Waals surface area contributed by atoms with Gasteiger partial charge in [-0.25, -0.2) is 0 Å². The van der Waals surface area contributed by atoms with E-state index in [2.05, 4.69) is 68.6 Å². The number of rotatable bonds is 6. The fourth-order valence-electron chi connectivity index (χ4n) is 1.77. The van der Waals surface area contributed by atoms with Crippen molar-refractivity contribution in [2.75, 3.05) is 17.2 Å². The molecule has 0 aliphatic carbocycles. The number of anilines is 3. The first-order valence-corrected chi connectivity index (χ1v) is 7.80. The van der Waals surface area contributed by atoms with Crippen molar-refractivity contribution in [2.24, 2.45) is 5.92 Å². The second kappa shape index (κ2) is 7.36. The van der Waals surface area contributed by atoms with Crippen LogP contribution in [0.5, 0.6) is 0 Å². The maximum Gasteiger partial charge on any atom is 0.244 e. The van der Waals surface area contributed by atoms with Gasteiger partial charge >= 0.3 is 0 Å². The highest BCUT2D eigenvalue weighted by atomic mass is 79.9. The Bertz CT molecular complexity index is 600. The Morgan fingerprint density at radius 2 is 2.10 bits per heavy atom. The zero-order valence-electron chi connectivity index (χ0n) is 12.5. The minimum absolute atomic E-state index is 0.545. The van der Waals surface area contributed by atoms with Gasteiger partial charge in [-0.1, -0.05) is 19.9 Å². The van der Waals surface area contributed by atoms with Crippen LogP contribution in [0, 0.1) is 12.8 Å². The minimum Gasteiger partial charge on any atom is -0.353 e. The minimum atomic E-state index is 0.545. The molecule has 0 atom stereocenters. The maximum absolute atomic E-state index is 4.41. The van der Waals surface area contributed by atoms with Gasteiger partial charge in [0.05, 0.1) is 11.9 Å². The lowest BCUT2D eigenvalue weighted by Crippen LogP contribution is -2.09. The van der Waals surface area contributed by atoms with E-state index in [1.54, 1.807) is 6.20 Å². The molecule has 21 heavy (non-hydrogen) atoms. The second-order valence-electron chi connectivity index (χ2n) is 5.38. The molecule has 0 aliphatic rings. The number of aromatic nitrogens is 3. The molecule has 6 heteroatoms. The van der Waals surface area contributed by atoms with Crippen molar-refractivity contribution >= 4 is 33.4 Å². The molecule has 1 heterocycles. The van der Waals surface area contributed by atoms with Gasteiger partial charge in [-0.3, -0.25) is 0 Å². The average molecular weight is 350 g/mol. The molecule has 5 nitrogen and oxygen atoms in total. The Kier molecular flexibility index (Phi) is 5.50. The number of halogens is 1. The van der Waals surface area contributed by atoms with Crippen LogP contribution in [0.15, 0.2) is 28.9 Å². The summed E-state index contributed by atoms with van der Waals surface area (Å²) in [5, 5.41) is 14.4. The standard InChI is InChI=1S/C15H20BrN5/c1-10(2)6-7-17-15-20-14(9-18-21-15)19-13-5-4-11(3)8-12(13)16/h4-5,8-10H,6-7H2,1-3H3,(H2,17,19,20,21). The van der Waals surface area contributed by atoms with Gasteiger partial charge < -0.3 is 10.6 Å². The Hall–Kier alpha value is -1.69. The zero-order chi connectivity index (χ0) is 15.2. The van der Waals surface area contributed by atoms with E-state index in [1.807, 2.05) is 12.1 Å². The summed E-state index contributed by atoms with van der Waals surface area (Å²) in [6.45, 7) is 7.27. The van der Waals surface area contributed by atoms with Crippen LogP contribution in [0.1, 0.15) is 25.8 Å². The van der Waals surface area contributed by atoms with Crippen LogP contribution in [0.3, 0.4) is 0 Å². The van der Waals surface area contributed by atoms with E-state index < -0.39 is 0 Å². The maximum atomic E-state index is 4.41. The largest absolute Gasteiger partial charge is 0.353 e. The predicted molar refractivity (Wildman–Crippen MR) is 89.9 cm³/mol. The molecule has 0 amide bonds. The van der Waals surface area contributed by atoms with Crippen molar-refractivity contribution in [1.82, 2.24) is 15.2 Å². The van der Waals surface area contributed by atoms with Crippen molar-refractivity contribution in [3.05, 3.63) is 34.4 Å². The number of nitrogens with zero attached hydrogens (tertiary/aromatic N) is 3. The van der Waals surface area contributed by atoms with Gasteiger partial charge in [-0.15, -0.1) is 5.10 Å². The summed E-state index contributed by atoms with van der Waals surface area (Å²) in [6, 6.07) is 6.11. The number of nitrogens with one attached hydrogen (secondary N) is 2. The Morgan fingerprint density at radius 3 is 2.81 bits per heavy atom. The van der Waals surface area contributed by atoms with Crippen molar-refractivity contribution in [1.29, 1.82) is 0 Å². The number of hydrogen-bond donors (Lipinski definition) is 2. The predicted octanol–water partition coefficient (Wildman–Crippen LogP) is 4.14. The fraction of sp³-hybridized carbons (Fsp3) is 0.400. The molecule has 2 rings (SSSR count). The summed E-state index contributed by atoms with van der Waals surface area (Å²) in [5.41, 5.74) is 2.15. The highest BCUT2D eigenvalue weighted by Gasteiger charge is 2.04. The molecule has 0 spiro atoms. The molecule has 0 aliphatic heterocycles. The quantitative estimate of drug-likeness (QED) is 0.820. The van der Waals surface area contributed by atoms with Gasteiger partial charge in [0, 0.05) is 11.0 Å². The molecule has 112 valence electrons. The van der Waals surface area contributed by atoms with Crippen molar-refractivity contribution in [3.63, 3.8) is 0 Å². The molecule has 0 saturated heterocycles. The summed E-state index contributed by atoms with van der Waals surface area (Å²) in [7, 11) is 0. The van der Waals surface area contributed by atoms with Gasteiger partial charge in [0.1, 0.15) is 0 Å². The van der Waals surface area contributed by atoms with Crippen LogP contribution in [0.2, 0.25) is 0 Å². The number of aryl methyl sites for hydroxylation is 1. The van der Waals surface area contributed by atoms with Crippen molar-refractivity contribution in [2.45, 2.75) is 27.2 Å². The van der Waals surface area contributed by atoms with E-state index in [-0.39, 0.29) is 0 Å². The first-order valence-electron chi connectivity index (χ1n) is 7.01. The van der Waals surface area contributed by atoms with Crippen molar-refractivity contribution < 1.29 is 0 Å². The van der Waals surface area contributed by atoms with E-state index in [9.17, 15) is 0 Å². The third kappa shape index (κ3) is 4.97. The fourth-order valence-corrected chi connectivity index (χ4v) is 2.36. The summed E-state index contributed by atoms with van der Waals surface area (Å²) >= 11 is 3.54. The van der Waals surface area contributed by atoms with Crippen LogP contribution in [0.25, 0.3) is 0 Å². The average Bonchev–Trinajstić information content (AvgIpc) is 2.42. The molecule has 1 aromatic heterocycles. The highest BCUT2D eigenvalue weighted by Crippen LogP contribution is 2.25. The molecule has 2 N–H and O–H groups in total. The summed E-state index contributed by atoms with van der Waals surface area (Å²) in [5.74, 6) is 1.86. The van der Waals surface area contributed by atoms with E-state index >= 15 is 0 Å². The molecule has 0 fully saturated rings. The van der Waals surface area contributed by atoms with E-state index in [1.165, 1.54) is 5.56 Å². The van der Waals surface area contributed by atoms with Gasteiger partial charge in [0.15, 0.2) is 5.82 Å². The lowest BCUT2D eigenvalue weighted by atomic mass is 10.1. The highest BCUT2D eigenvalue weighted by molar-refractivity contribution is 9.10. The van der Waals surface area contributed by atoms with E-state index in [0.29, 0.717) is 17.7 Å². The topological polar surface area (TPSA) is 62.7 Å². The second-order valence-corrected chi connectivity index (χ2v) is 6.24. The Labute approximate surface area is 133 Å². The molecule has 0 radical (unpaired) electrons. The molecular formula is C15H20BrN5. The third-order valence-electron chi connectivity index (χ3n) is 2.95. The Morgan fingerprint density at radius 1 is 1.29 bits per heavy atom. The van der Waals surface area contributed by atoms with Crippen LogP contribution < -0.4 is 10.6 Å². The monoisotopic (exact) mass is 349 g/mol. The van der Waals surface area contributed by atoms with Crippen LogP contribution in [0.4, 0.5) is 17.5 Å². The summed E-state index contributed by atoms with van der Waals surface area (Å²) in [4.78, 5) is 4.41. The summed E-state index contributed by atoms with van der Waals surface area (Å²) < 4.78 is 0.996. The Balaban J connectivity index is 2.03. The molecular weight excluding hydrogens is 330 g/mol. The molecule has 1 aromatic carbocycles. The number of hydrogen-bond acceptors (Lipinski definition) is 5. The van der Waals surface area contributed by atoms with E-state index in [4.69, 9.17) is 0 Å². The first-order chi connectivity index (χ1) is 10.0. The van der Waals surface area contributed by atoms with Crippen LogP contribution in [-0.4, -0.2) is 21.7 Å². The normalized spacial score (nSPS) is 10.7. The van der Waals surface area contributed by atoms with Crippen molar-refractivity contribution in [3.8, 4) is 0 Å². The first kappa shape index (κ1) is 15.7. The van der Waals surface area contributed by atoms with Crippen LogP contribution >= 0.6 is 15.9 Å². The van der Waals surface area contributed by atoms with Crippen LogP contribution in [-0.2, 0) is 0 Å². The third-order valence-corrected chi connectivity index (χ3v) is 3.61. The molecule has 0 unspecified atom stereocenters.